The van der Waals surface area contributed by atoms with E-state index < -0.39 is 15.8 Å². The molecule has 0 radical (unpaired) electrons. The van der Waals surface area contributed by atoms with Crippen LogP contribution < -0.4 is 0 Å². The standard InChI is InChI=1S/C15H22O4S/c1-6-10(3)12-8-9-13(15(16)19-4)11(7-2)14(12)20(5,17)18/h8-10H,6-7H2,1-5H3. The van der Waals surface area contributed by atoms with Crippen molar-refractivity contribution in [3.8, 4) is 0 Å². The van der Waals surface area contributed by atoms with Crippen molar-refractivity contribution in [2.75, 3.05) is 13.4 Å². The number of benzene rings is 1. The summed E-state index contributed by atoms with van der Waals surface area (Å²) >= 11 is 0. The van der Waals surface area contributed by atoms with Crippen LogP contribution in [0.3, 0.4) is 0 Å². The van der Waals surface area contributed by atoms with Gasteiger partial charge in [0.15, 0.2) is 9.84 Å². The molecule has 0 bridgehead atoms. The number of carbonyl (C=O) groups excluding carboxylic acids is 1. The summed E-state index contributed by atoms with van der Waals surface area (Å²) in [5.74, 6) is -0.376. The highest BCUT2D eigenvalue weighted by atomic mass is 32.2. The Balaban J connectivity index is 3.73. The van der Waals surface area contributed by atoms with Crippen LogP contribution in [0.25, 0.3) is 0 Å². The first-order valence-electron chi connectivity index (χ1n) is 6.71. The highest BCUT2D eigenvalue weighted by Crippen LogP contribution is 2.32. The Labute approximate surface area is 121 Å². The van der Waals surface area contributed by atoms with Crippen molar-refractivity contribution in [3.63, 3.8) is 0 Å². The molecule has 112 valence electrons. The molecule has 0 fully saturated rings. The predicted octanol–water partition coefficient (Wildman–Crippen LogP) is 2.95. The predicted molar refractivity (Wildman–Crippen MR) is 79.0 cm³/mol. The minimum absolute atomic E-state index is 0.122. The third kappa shape index (κ3) is 3.20. The van der Waals surface area contributed by atoms with Crippen molar-refractivity contribution < 1.29 is 17.9 Å². The second kappa shape index (κ2) is 6.39. The largest absolute Gasteiger partial charge is 0.465 e. The number of hydrogen-bond acceptors (Lipinski definition) is 4. The first-order chi connectivity index (χ1) is 9.27. The van der Waals surface area contributed by atoms with Gasteiger partial charge in [-0.1, -0.05) is 26.8 Å². The summed E-state index contributed by atoms with van der Waals surface area (Å²) in [7, 11) is -2.11. The summed E-state index contributed by atoms with van der Waals surface area (Å²) in [6.45, 7) is 5.84. The van der Waals surface area contributed by atoms with Gasteiger partial charge in [-0.25, -0.2) is 13.2 Å². The lowest BCUT2D eigenvalue weighted by atomic mass is 9.93. The smallest absolute Gasteiger partial charge is 0.338 e. The molecule has 1 aromatic rings. The van der Waals surface area contributed by atoms with E-state index in [1.807, 2.05) is 20.8 Å². The monoisotopic (exact) mass is 298 g/mol. The minimum atomic E-state index is -3.40. The van der Waals surface area contributed by atoms with Gasteiger partial charge in [0.1, 0.15) is 0 Å². The summed E-state index contributed by atoms with van der Waals surface area (Å²) in [6.07, 6.45) is 2.49. The Kier molecular flexibility index (Phi) is 5.34. The summed E-state index contributed by atoms with van der Waals surface area (Å²) in [5, 5.41) is 0. The average molecular weight is 298 g/mol. The third-order valence-electron chi connectivity index (χ3n) is 3.56. The molecule has 1 rings (SSSR count). The van der Waals surface area contributed by atoms with Crippen molar-refractivity contribution in [1.82, 2.24) is 0 Å². The molecule has 0 saturated carbocycles. The molecule has 0 aliphatic carbocycles. The summed E-state index contributed by atoms with van der Waals surface area (Å²) in [6, 6.07) is 3.40. The van der Waals surface area contributed by atoms with E-state index in [0.717, 1.165) is 12.0 Å². The fraction of sp³-hybridized carbons (Fsp3) is 0.533. The van der Waals surface area contributed by atoms with Crippen LogP contribution in [-0.2, 0) is 21.0 Å². The summed E-state index contributed by atoms with van der Waals surface area (Å²) < 4.78 is 29.1. The average Bonchev–Trinajstić information content (AvgIpc) is 2.42. The Morgan fingerprint density at radius 3 is 2.30 bits per heavy atom. The van der Waals surface area contributed by atoms with E-state index in [4.69, 9.17) is 4.74 Å². The second-order valence-corrected chi connectivity index (χ2v) is 6.89. The number of rotatable bonds is 5. The molecule has 5 heteroatoms. The fourth-order valence-corrected chi connectivity index (χ4v) is 3.74. The molecule has 0 spiro atoms. The van der Waals surface area contributed by atoms with Gasteiger partial charge in [0, 0.05) is 6.26 Å². The van der Waals surface area contributed by atoms with Gasteiger partial charge < -0.3 is 4.74 Å². The van der Waals surface area contributed by atoms with Crippen molar-refractivity contribution in [1.29, 1.82) is 0 Å². The maximum Gasteiger partial charge on any atom is 0.338 e. The van der Waals surface area contributed by atoms with E-state index in [9.17, 15) is 13.2 Å². The molecule has 1 aromatic carbocycles. The molecule has 20 heavy (non-hydrogen) atoms. The van der Waals surface area contributed by atoms with E-state index >= 15 is 0 Å². The molecule has 0 amide bonds. The van der Waals surface area contributed by atoms with E-state index in [1.165, 1.54) is 13.4 Å². The van der Waals surface area contributed by atoms with Gasteiger partial charge in [0.05, 0.1) is 17.6 Å². The number of ether oxygens (including phenoxy) is 1. The van der Waals surface area contributed by atoms with Gasteiger partial charge in [-0.2, -0.15) is 0 Å². The number of sulfone groups is 1. The Morgan fingerprint density at radius 1 is 1.30 bits per heavy atom. The molecule has 0 aliphatic rings. The highest BCUT2D eigenvalue weighted by molar-refractivity contribution is 7.90. The zero-order valence-electron chi connectivity index (χ0n) is 12.7. The molecule has 0 N–H and O–H groups in total. The lowest BCUT2D eigenvalue weighted by molar-refractivity contribution is 0.0599. The normalized spacial score (nSPS) is 13.1. The second-order valence-electron chi connectivity index (χ2n) is 4.94. The quantitative estimate of drug-likeness (QED) is 0.784. The Morgan fingerprint density at radius 2 is 1.90 bits per heavy atom. The maximum atomic E-state index is 12.2. The van der Waals surface area contributed by atoms with Crippen LogP contribution in [0.2, 0.25) is 0 Å². The van der Waals surface area contributed by atoms with Gasteiger partial charge in [-0.05, 0) is 36.0 Å². The van der Waals surface area contributed by atoms with E-state index in [1.54, 1.807) is 12.1 Å². The van der Waals surface area contributed by atoms with Crippen molar-refractivity contribution >= 4 is 15.8 Å². The number of hydrogen-bond donors (Lipinski definition) is 0. The van der Waals surface area contributed by atoms with E-state index in [0.29, 0.717) is 17.5 Å². The molecule has 1 unspecified atom stereocenters. The van der Waals surface area contributed by atoms with Crippen LogP contribution >= 0.6 is 0 Å². The van der Waals surface area contributed by atoms with Crippen LogP contribution in [0.15, 0.2) is 17.0 Å². The van der Waals surface area contributed by atoms with Gasteiger partial charge >= 0.3 is 5.97 Å². The Hall–Kier alpha value is -1.36. The van der Waals surface area contributed by atoms with Crippen LogP contribution in [0, 0.1) is 0 Å². The lowest BCUT2D eigenvalue weighted by Crippen LogP contribution is -2.14. The van der Waals surface area contributed by atoms with Crippen LogP contribution in [0.5, 0.6) is 0 Å². The third-order valence-corrected chi connectivity index (χ3v) is 4.79. The van der Waals surface area contributed by atoms with Crippen molar-refractivity contribution in [2.24, 2.45) is 0 Å². The first-order valence-corrected chi connectivity index (χ1v) is 8.61. The zero-order chi connectivity index (χ0) is 15.5. The molecule has 0 aromatic heterocycles. The van der Waals surface area contributed by atoms with Gasteiger partial charge in [0.2, 0.25) is 0 Å². The first kappa shape index (κ1) is 16.7. The van der Waals surface area contributed by atoms with Gasteiger partial charge in [-0.3, -0.25) is 0 Å². The highest BCUT2D eigenvalue weighted by Gasteiger charge is 2.25. The van der Waals surface area contributed by atoms with Gasteiger partial charge in [-0.15, -0.1) is 0 Å². The number of carbonyl (C=O) groups is 1. The molecule has 4 nitrogen and oxygen atoms in total. The fourth-order valence-electron chi connectivity index (χ4n) is 2.34. The molecule has 0 heterocycles. The topological polar surface area (TPSA) is 60.4 Å². The van der Waals surface area contributed by atoms with Crippen LogP contribution in [-0.4, -0.2) is 27.8 Å². The molecule has 0 saturated heterocycles. The van der Waals surface area contributed by atoms with E-state index in [-0.39, 0.29) is 10.8 Å². The number of methoxy groups -OCH3 is 1. The Bertz CT molecular complexity index is 603. The lowest BCUT2D eigenvalue weighted by Gasteiger charge is -2.19. The van der Waals surface area contributed by atoms with Crippen LogP contribution in [0.4, 0.5) is 0 Å². The molecule has 0 aliphatic heterocycles. The van der Waals surface area contributed by atoms with Crippen molar-refractivity contribution in [2.45, 2.75) is 44.4 Å². The molecule has 1 atom stereocenters. The van der Waals surface area contributed by atoms with E-state index in [2.05, 4.69) is 0 Å². The van der Waals surface area contributed by atoms with Crippen molar-refractivity contribution in [3.05, 3.63) is 28.8 Å². The summed E-state index contributed by atoms with van der Waals surface area (Å²) in [4.78, 5) is 12.1. The minimum Gasteiger partial charge on any atom is -0.465 e. The van der Waals surface area contributed by atoms with Crippen LogP contribution in [0.1, 0.15) is 54.6 Å². The van der Waals surface area contributed by atoms with Gasteiger partial charge in [0.25, 0.3) is 0 Å². The zero-order valence-corrected chi connectivity index (χ0v) is 13.5. The summed E-state index contributed by atoms with van der Waals surface area (Å²) in [5.41, 5.74) is 1.67. The molecular weight excluding hydrogens is 276 g/mol. The number of esters is 1. The molecular formula is C15H22O4S. The SMILES string of the molecule is CCc1c(C(=O)OC)ccc(C(C)CC)c1S(C)(=O)=O. The maximum absolute atomic E-state index is 12.2.